The van der Waals surface area contributed by atoms with E-state index in [0.717, 1.165) is 0 Å². The van der Waals surface area contributed by atoms with Crippen LogP contribution in [0.3, 0.4) is 0 Å². The van der Waals surface area contributed by atoms with Crippen molar-refractivity contribution in [2.75, 3.05) is 13.2 Å². The number of hydrogen-bond acceptors (Lipinski definition) is 3. The van der Waals surface area contributed by atoms with Crippen LogP contribution in [0.15, 0.2) is 22.7 Å². The third kappa shape index (κ3) is 2.30. The van der Waals surface area contributed by atoms with Crippen LogP contribution in [-0.2, 0) is 4.74 Å². The van der Waals surface area contributed by atoms with Gasteiger partial charge in [-0.25, -0.2) is 4.79 Å². The minimum atomic E-state index is -0.950. The van der Waals surface area contributed by atoms with E-state index in [9.17, 15) is 4.79 Å². The van der Waals surface area contributed by atoms with Crippen LogP contribution < -0.4 is 4.74 Å². The first-order valence-electron chi connectivity index (χ1n) is 4.44. The highest BCUT2D eigenvalue weighted by Gasteiger charge is 2.21. The number of carbonyl (C=O) groups is 1. The average Bonchev–Trinajstić information content (AvgIpc) is 2.12. The van der Waals surface area contributed by atoms with Gasteiger partial charge >= 0.3 is 5.97 Å². The third-order valence-corrected chi connectivity index (χ3v) is 2.70. The lowest BCUT2D eigenvalue weighted by molar-refractivity contribution is -0.0799. The van der Waals surface area contributed by atoms with Gasteiger partial charge in [-0.3, -0.25) is 0 Å². The molecule has 1 fully saturated rings. The Hall–Kier alpha value is -1.07. The highest BCUT2D eigenvalue weighted by atomic mass is 79.9. The molecule has 1 saturated heterocycles. The van der Waals surface area contributed by atoms with E-state index < -0.39 is 5.97 Å². The van der Waals surface area contributed by atoms with Crippen LogP contribution in [0.2, 0.25) is 0 Å². The summed E-state index contributed by atoms with van der Waals surface area (Å²) in [5, 5.41) is 8.76. The molecule has 0 aromatic heterocycles. The molecule has 4 nitrogen and oxygen atoms in total. The molecule has 1 N–H and O–H groups in total. The summed E-state index contributed by atoms with van der Waals surface area (Å²) in [6.45, 7) is 1.18. The van der Waals surface area contributed by atoms with Gasteiger partial charge in [0.25, 0.3) is 0 Å². The van der Waals surface area contributed by atoms with Crippen LogP contribution in [0.4, 0.5) is 0 Å². The van der Waals surface area contributed by atoms with Gasteiger partial charge in [-0.2, -0.15) is 0 Å². The molecule has 0 spiro atoms. The molecule has 1 aromatic rings. The Morgan fingerprint density at radius 3 is 2.73 bits per heavy atom. The molecular formula is C10H9BrO4. The number of aromatic carboxylic acids is 1. The summed E-state index contributed by atoms with van der Waals surface area (Å²) in [5.74, 6) is -0.303. The fourth-order valence-corrected chi connectivity index (χ4v) is 1.66. The van der Waals surface area contributed by atoms with Crippen LogP contribution in [0.5, 0.6) is 5.75 Å². The van der Waals surface area contributed by atoms with E-state index in [1.54, 1.807) is 6.07 Å². The highest BCUT2D eigenvalue weighted by molar-refractivity contribution is 9.10. The van der Waals surface area contributed by atoms with Crippen LogP contribution in [0.25, 0.3) is 0 Å². The van der Waals surface area contributed by atoms with Gasteiger partial charge in [-0.05, 0) is 34.1 Å². The molecule has 1 heterocycles. The Bertz CT molecular complexity index is 387. The Kier molecular flexibility index (Phi) is 2.93. The molecule has 1 aliphatic rings. The molecule has 0 aliphatic carbocycles. The number of ether oxygens (including phenoxy) is 2. The first kappa shape index (κ1) is 10.4. The van der Waals surface area contributed by atoms with E-state index >= 15 is 0 Å². The van der Waals surface area contributed by atoms with Crippen molar-refractivity contribution in [2.45, 2.75) is 6.10 Å². The van der Waals surface area contributed by atoms with Gasteiger partial charge in [0.05, 0.1) is 23.2 Å². The van der Waals surface area contributed by atoms with Gasteiger partial charge < -0.3 is 14.6 Å². The van der Waals surface area contributed by atoms with Crippen molar-refractivity contribution < 1.29 is 19.4 Å². The van der Waals surface area contributed by atoms with Crippen molar-refractivity contribution in [3.05, 3.63) is 28.2 Å². The van der Waals surface area contributed by atoms with Gasteiger partial charge in [0.2, 0.25) is 0 Å². The summed E-state index contributed by atoms with van der Waals surface area (Å²) in [7, 11) is 0. The number of rotatable bonds is 3. The zero-order valence-electron chi connectivity index (χ0n) is 7.77. The summed E-state index contributed by atoms with van der Waals surface area (Å²) in [5.41, 5.74) is 0.235. The molecule has 15 heavy (non-hydrogen) atoms. The van der Waals surface area contributed by atoms with Gasteiger partial charge in [-0.1, -0.05) is 0 Å². The molecule has 0 unspecified atom stereocenters. The maximum absolute atomic E-state index is 10.7. The molecule has 1 aliphatic heterocycles. The van der Waals surface area contributed by atoms with Crippen LogP contribution in [0, 0.1) is 0 Å². The number of benzene rings is 1. The normalized spacial score (nSPS) is 15.8. The van der Waals surface area contributed by atoms with Crippen molar-refractivity contribution in [1.29, 1.82) is 0 Å². The second-order valence-electron chi connectivity index (χ2n) is 3.23. The summed E-state index contributed by atoms with van der Waals surface area (Å²) >= 11 is 3.27. The standard InChI is InChI=1S/C10H9BrO4/c11-8-3-6(10(12)13)1-2-9(8)15-7-4-14-5-7/h1-3,7H,4-5H2,(H,12,13). The second-order valence-corrected chi connectivity index (χ2v) is 4.08. The molecule has 0 bridgehead atoms. The molecule has 0 radical (unpaired) electrons. The SMILES string of the molecule is O=C(O)c1ccc(OC2COC2)c(Br)c1. The summed E-state index contributed by atoms with van der Waals surface area (Å²) in [6, 6.07) is 4.69. The second kappa shape index (κ2) is 4.20. The lowest BCUT2D eigenvalue weighted by Gasteiger charge is -2.27. The predicted octanol–water partition coefficient (Wildman–Crippen LogP) is 1.92. The van der Waals surface area contributed by atoms with Crippen molar-refractivity contribution in [3.8, 4) is 5.75 Å². The van der Waals surface area contributed by atoms with Crippen molar-refractivity contribution in [2.24, 2.45) is 0 Å². The zero-order valence-corrected chi connectivity index (χ0v) is 9.36. The molecule has 5 heteroatoms. The summed E-state index contributed by atoms with van der Waals surface area (Å²) in [6.07, 6.45) is 0.0805. The Morgan fingerprint density at radius 1 is 1.53 bits per heavy atom. The largest absolute Gasteiger partial charge is 0.484 e. The van der Waals surface area contributed by atoms with E-state index in [2.05, 4.69) is 15.9 Å². The van der Waals surface area contributed by atoms with E-state index in [-0.39, 0.29) is 11.7 Å². The Labute approximate surface area is 94.9 Å². The zero-order chi connectivity index (χ0) is 10.8. The summed E-state index contributed by atoms with van der Waals surface area (Å²) in [4.78, 5) is 10.7. The smallest absolute Gasteiger partial charge is 0.335 e. The number of carboxylic acids is 1. The molecule has 0 amide bonds. The fraction of sp³-hybridized carbons (Fsp3) is 0.300. The van der Waals surface area contributed by atoms with E-state index in [0.29, 0.717) is 23.4 Å². The van der Waals surface area contributed by atoms with Gasteiger partial charge in [0.15, 0.2) is 0 Å². The van der Waals surface area contributed by atoms with Gasteiger partial charge in [-0.15, -0.1) is 0 Å². The number of hydrogen-bond donors (Lipinski definition) is 1. The Balaban J connectivity index is 2.14. The molecule has 0 saturated carbocycles. The third-order valence-electron chi connectivity index (χ3n) is 2.08. The number of carboxylic acid groups (broad SMARTS) is 1. The minimum Gasteiger partial charge on any atom is -0.484 e. The van der Waals surface area contributed by atoms with E-state index in [1.165, 1.54) is 12.1 Å². The van der Waals surface area contributed by atoms with Gasteiger partial charge in [0.1, 0.15) is 11.9 Å². The Morgan fingerprint density at radius 2 is 2.27 bits per heavy atom. The van der Waals surface area contributed by atoms with Crippen molar-refractivity contribution >= 4 is 21.9 Å². The topological polar surface area (TPSA) is 55.8 Å². The minimum absolute atomic E-state index is 0.0805. The predicted molar refractivity (Wildman–Crippen MR) is 56.3 cm³/mol. The molecular weight excluding hydrogens is 264 g/mol. The van der Waals surface area contributed by atoms with Crippen molar-refractivity contribution in [3.63, 3.8) is 0 Å². The van der Waals surface area contributed by atoms with Crippen molar-refractivity contribution in [1.82, 2.24) is 0 Å². The maximum atomic E-state index is 10.7. The number of halogens is 1. The quantitative estimate of drug-likeness (QED) is 0.914. The first-order valence-corrected chi connectivity index (χ1v) is 5.23. The van der Waals surface area contributed by atoms with Crippen LogP contribution in [0.1, 0.15) is 10.4 Å². The lowest BCUT2D eigenvalue weighted by atomic mass is 10.2. The molecule has 2 rings (SSSR count). The van der Waals surface area contributed by atoms with Gasteiger partial charge in [0, 0.05) is 0 Å². The fourth-order valence-electron chi connectivity index (χ4n) is 1.19. The average molecular weight is 273 g/mol. The molecule has 1 aromatic carbocycles. The maximum Gasteiger partial charge on any atom is 0.335 e. The molecule has 80 valence electrons. The summed E-state index contributed by atoms with van der Waals surface area (Å²) < 4.78 is 11.2. The lowest BCUT2D eigenvalue weighted by Crippen LogP contribution is -2.38. The highest BCUT2D eigenvalue weighted by Crippen LogP contribution is 2.28. The molecule has 0 atom stereocenters. The monoisotopic (exact) mass is 272 g/mol. The van der Waals surface area contributed by atoms with Crippen LogP contribution >= 0.6 is 15.9 Å². The van der Waals surface area contributed by atoms with E-state index in [4.69, 9.17) is 14.6 Å². The van der Waals surface area contributed by atoms with Crippen LogP contribution in [-0.4, -0.2) is 30.4 Å². The first-order chi connectivity index (χ1) is 7.16. The van der Waals surface area contributed by atoms with E-state index in [1.807, 2.05) is 0 Å².